The molecule has 0 saturated heterocycles. The molecule has 3 aromatic rings. The fourth-order valence-electron chi connectivity index (χ4n) is 4.16. The first-order valence-corrected chi connectivity index (χ1v) is 10.9. The number of halogens is 2. The van der Waals surface area contributed by atoms with Crippen LogP contribution in [0.4, 0.5) is 10.1 Å². The van der Waals surface area contributed by atoms with Crippen molar-refractivity contribution in [2.45, 2.75) is 12.6 Å². The van der Waals surface area contributed by atoms with Crippen molar-refractivity contribution < 1.29 is 14.0 Å². The monoisotopic (exact) mass is 459 g/mol. The number of nitrogens with zero attached hydrogens (tertiary/aromatic N) is 2. The normalized spacial score (nSPS) is 17.0. The van der Waals surface area contributed by atoms with Gasteiger partial charge in [-0.1, -0.05) is 54.1 Å². The first-order valence-electron chi connectivity index (χ1n) is 10.5. The highest BCUT2D eigenvalue weighted by atomic mass is 35.5. The number of nitrogens with one attached hydrogen (secondary N) is 1. The molecule has 0 bridgehead atoms. The van der Waals surface area contributed by atoms with Crippen molar-refractivity contribution in [3.05, 3.63) is 106 Å². The van der Waals surface area contributed by atoms with Gasteiger partial charge in [0.05, 0.1) is 11.4 Å². The Morgan fingerprint density at radius 2 is 1.82 bits per heavy atom. The lowest BCUT2D eigenvalue weighted by Gasteiger charge is -2.20. The minimum absolute atomic E-state index is 0.281. The first-order chi connectivity index (χ1) is 16.0. The van der Waals surface area contributed by atoms with Crippen LogP contribution in [-0.2, 0) is 16.0 Å². The second-order valence-electron chi connectivity index (χ2n) is 7.81. The lowest BCUT2D eigenvalue weighted by Crippen LogP contribution is -2.46. The zero-order valence-corrected chi connectivity index (χ0v) is 18.2. The molecular weight excluding hydrogens is 441 g/mol. The third-order valence-electron chi connectivity index (χ3n) is 5.71. The predicted octanol–water partition coefficient (Wildman–Crippen LogP) is 4.37. The van der Waals surface area contributed by atoms with Gasteiger partial charge in [0.15, 0.2) is 0 Å². The van der Waals surface area contributed by atoms with Crippen molar-refractivity contribution in [3.8, 4) is 0 Å². The summed E-state index contributed by atoms with van der Waals surface area (Å²) in [5.41, 5.74) is 3.82. The molecule has 33 heavy (non-hydrogen) atoms. The second kappa shape index (κ2) is 8.64. The molecule has 0 aromatic heterocycles. The van der Waals surface area contributed by atoms with Crippen molar-refractivity contribution in [2.75, 3.05) is 11.4 Å². The summed E-state index contributed by atoms with van der Waals surface area (Å²) in [4.78, 5) is 32.2. The zero-order valence-electron chi connectivity index (χ0n) is 17.5. The quantitative estimate of drug-likeness (QED) is 0.589. The third-order valence-corrected chi connectivity index (χ3v) is 5.96. The number of benzene rings is 3. The first kappa shape index (κ1) is 21.1. The van der Waals surface area contributed by atoms with Gasteiger partial charge in [-0.2, -0.15) is 0 Å². The molecule has 5 nitrogen and oxygen atoms in total. The van der Waals surface area contributed by atoms with Crippen molar-refractivity contribution in [1.82, 2.24) is 5.32 Å². The minimum Gasteiger partial charge on any atom is -0.323 e. The zero-order chi connectivity index (χ0) is 22.9. The maximum absolute atomic E-state index is 14.8. The number of carbonyl (C=O) groups excluding carboxylic acids is 2. The molecule has 1 atom stereocenters. The molecule has 2 amide bonds. The van der Waals surface area contributed by atoms with Crippen LogP contribution in [0.1, 0.15) is 22.3 Å². The summed E-state index contributed by atoms with van der Waals surface area (Å²) in [6.45, 7) is 0.484. The van der Waals surface area contributed by atoms with Crippen LogP contribution < -0.4 is 10.2 Å². The van der Waals surface area contributed by atoms with Gasteiger partial charge < -0.3 is 10.2 Å². The lowest BCUT2D eigenvalue weighted by molar-refractivity contribution is -0.125. The van der Waals surface area contributed by atoms with E-state index < -0.39 is 17.9 Å². The molecule has 2 aliphatic rings. The van der Waals surface area contributed by atoms with E-state index in [1.807, 2.05) is 18.2 Å². The summed E-state index contributed by atoms with van der Waals surface area (Å²) in [6, 6.07) is 19.0. The Morgan fingerprint density at radius 3 is 2.61 bits per heavy atom. The molecule has 1 unspecified atom stereocenters. The number of rotatable bonds is 4. The summed E-state index contributed by atoms with van der Waals surface area (Å²) in [5.74, 6) is -1.27. The van der Waals surface area contributed by atoms with Crippen LogP contribution in [0.5, 0.6) is 0 Å². The van der Waals surface area contributed by atoms with Gasteiger partial charge in [-0.15, -0.1) is 0 Å². The number of amides is 2. The van der Waals surface area contributed by atoms with E-state index in [1.54, 1.807) is 53.4 Å². The molecule has 2 heterocycles. The molecule has 3 aromatic carbocycles. The minimum atomic E-state index is -1.18. The van der Waals surface area contributed by atoms with Crippen molar-refractivity contribution in [1.29, 1.82) is 0 Å². The maximum Gasteiger partial charge on any atom is 0.272 e. The van der Waals surface area contributed by atoms with Gasteiger partial charge in [0.25, 0.3) is 5.91 Å². The molecule has 164 valence electrons. The average molecular weight is 460 g/mol. The van der Waals surface area contributed by atoms with E-state index in [4.69, 9.17) is 11.6 Å². The van der Waals surface area contributed by atoms with E-state index in [2.05, 4.69) is 10.3 Å². The SMILES string of the molecule is O=C(/C=C/c1ccc(Cl)cc1)NC1N=C(c2ccccc2F)c2cccc3c2N(CC3)C1=O. The standard InChI is InChI=1S/C26H19ClFN3O2/c27-18-11-8-16(9-12-18)10-13-22(32)29-25-26(33)31-15-14-17-4-3-6-20(24(17)31)23(30-25)19-5-1-2-7-21(19)28/h1-13,25H,14-15H2,(H,29,32)/b13-10+. The molecule has 0 spiro atoms. The fourth-order valence-corrected chi connectivity index (χ4v) is 4.29. The average Bonchev–Trinajstić information content (AvgIpc) is 3.21. The highest BCUT2D eigenvalue weighted by Crippen LogP contribution is 2.36. The number of hydrogen-bond acceptors (Lipinski definition) is 3. The summed E-state index contributed by atoms with van der Waals surface area (Å²) in [7, 11) is 0. The summed E-state index contributed by atoms with van der Waals surface area (Å²) < 4.78 is 14.8. The Hall–Kier alpha value is -3.77. The number of anilines is 1. The Bertz CT molecular complexity index is 1320. The van der Waals surface area contributed by atoms with Gasteiger partial charge in [-0.05, 0) is 47.9 Å². The highest BCUT2D eigenvalue weighted by molar-refractivity contribution is 6.30. The van der Waals surface area contributed by atoms with Gasteiger partial charge >= 0.3 is 0 Å². The Labute approximate surface area is 195 Å². The van der Waals surface area contributed by atoms with Crippen LogP contribution in [-0.4, -0.2) is 30.2 Å². The molecule has 1 N–H and O–H groups in total. The van der Waals surface area contributed by atoms with Crippen LogP contribution >= 0.6 is 11.6 Å². The number of hydrogen-bond donors (Lipinski definition) is 1. The predicted molar refractivity (Wildman–Crippen MR) is 127 cm³/mol. The Kier molecular flexibility index (Phi) is 5.52. The van der Waals surface area contributed by atoms with Crippen LogP contribution in [0.2, 0.25) is 5.02 Å². The van der Waals surface area contributed by atoms with Crippen LogP contribution in [0.3, 0.4) is 0 Å². The Balaban J connectivity index is 1.52. The van der Waals surface area contributed by atoms with Gasteiger partial charge in [0.1, 0.15) is 5.82 Å². The van der Waals surface area contributed by atoms with E-state index in [9.17, 15) is 14.0 Å². The molecule has 0 aliphatic carbocycles. The van der Waals surface area contributed by atoms with Crippen molar-refractivity contribution in [2.24, 2.45) is 4.99 Å². The van der Waals surface area contributed by atoms with Crippen molar-refractivity contribution in [3.63, 3.8) is 0 Å². The second-order valence-corrected chi connectivity index (χ2v) is 8.24. The smallest absolute Gasteiger partial charge is 0.272 e. The van der Waals surface area contributed by atoms with Gasteiger partial charge in [-0.3, -0.25) is 9.59 Å². The molecular formula is C26H19ClFN3O2. The topological polar surface area (TPSA) is 61.8 Å². The maximum atomic E-state index is 14.8. The molecule has 5 rings (SSSR count). The largest absolute Gasteiger partial charge is 0.323 e. The fraction of sp³-hybridized carbons (Fsp3) is 0.115. The lowest BCUT2D eigenvalue weighted by atomic mass is 9.98. The molecule has 2 aliphatic heterocycles. The molecule has 7 heteroatoms. The number of para-hydroxylation sites is 1. The molecule has 0 saturated carbocycles. The molecule has 0 radical (unpaired) electrons. The van der Waals surface area contributed by atoms with E-state index in [0.717, 1.165) is 16.8 Å². The van der Waals surface area contributed by atoms with Crippen molar-refractivity contribution >= 4 is 40.9 Å². The van der Waals surface area contributed by atoms with Gasteiger partial charge in [0, 0.05) is 28.8 Å². The highest BCUT2D eigenvalue weighted by Gasteiger charge is 2.37. The van der Waals surface area contributed by atoms with E-state index in [1.165, 1.54) is 12.1 Å². The van der Waals surface area contributed by atoms with E-state index in [-0.39, 0.29) is 11.5 Å². The third kappa shape index (κ3) is 4.05. The Morgan fingerprint density at radius 1 is 1.06 bits per heavy atom. The number of aliphatic imine (C=N–C) groups is 1. The molecule has 0 fully saturated rings. The van der Waals surface area contributed by atoms with E-state index >= 15 is 0 Å². The summed E-state index contributed by atoms with van der Waals surface area (Å²) in [6.07, 6.45) is 2.47. The van der Waals surface area contributed by atoms with Crippen LogP contribution in [0.15, 0.2) is 77.8 Å². The van der Waals surface area contributed by atoms with Gasteiger partial charge in [0.2, 0.25) is 12.1 Å². The van der Waals surface area contributed by atoms with E-state index in [0.29, 0.717) is 29.3 Å². The van der Waals surface area contributed by atoms with Crippen LogP contribution in [0.25, 0.3) is 6.08 Å². The number of carbonyl (C=O) groups is 2. The van der Waals surface area contributed by atoms with Crippen LogP contribution in [0, 0.1) is 5.82 Å². The van der Waals surface area contributed by atoms with Gasteiger partial charge in [-0.25, -0.2) is 9.38 Å². The summed E-state index contributed by atoms with van der Waals surface area (Å²) in [5, 5.41) is 3.28. The summed E-state index contributed by atoms with van der Waals surface area (Å²) >= 11 is 5.89.